The van der Waals surface area contributed by atoms with Crippen molar-refractivity contribution in [3.63, 3.8) is 0 Å². The fourth-order valence-corrected chi connectivity index (χ4v) is 3.09. The summed E-state index contributed by atoms with van der Waals surface area (Å²) in [6.45, 7) is 7.15. The van der Waals surface area contributed by atoms with Crippen LogP contribution in [0.2, 0.25) is 0 Å². The molecule has 2 rings (SSSR count). The van der Waals surface area contributed by atoms with E-state index < -0.39 is 0 Å². The summed E-state index contributed by atoms with van der Waals surface area (Å²) in [5.74, 6) is 0. The molecule has 19 heavy (non-hydrogen) atoms. The van der Waals surface area contributed by atoms with Crippen LogP contribution in [0, 0.1) is 17.4 Å². The molecule has 0 bridgehead atoms. The summed E-state index contributed by atoms with van der Waals surface area (Å²) >= 11 is 2.38. The van der Waals surface area contributed by atoms with Gasteiger partial charge in [-0.1, -0.05) is 18.2 Å². The third kappa shape index (κ3) is 3.17. The molecule has 102 valence electrons. The molecule has 3 nitrogen and oxygen atoms in total. The minimum Gasteiger partial charge on any atom is -0.324 e. The molecule has 0 saturated carbocycles. The maximum atomic E-state index is 6.38. The lowest BCUT2D eigenvalue weighted by atomic mass is 10.0. The Hall–Kier alpha value is -0.880. The first-order chi connectivity index (χ1) is 9.02. The van der Waals surface area contributed by atoms with Crippen molar-refractivity contribution in [1.29, 1.82) is 0 Å². The highest BCUT2D eigenvalue weighted by Crippen LogP contribution is 2.24. The van der Waals surface area contributed by atoms with Gasteiger partial charge in [-0.15, -0.1) is 0 Å². The monoisotopic (exact) mass is 369 g/mol. The number of hydrogen-bond donors (Lipinski definition) is 1. The molecular weight excluding hydrogens is 349 g/mol. The van der Waals surface area contributed by atoms with Gasteiger partial charge in [-0.25, -0.2) is 0 Å². The first kappa shape index (κ1) is 14.5. The molecule has 0 saturated heterocycles. The number of aryl methyl sites for hydroxylation is 3. The average Bonchev–Trinajstić information content (AvgIpc) is 2.72. The molecule has 4 heteroatoms. The van der Waals surface area contributed by atoms with Crippen molar-refractivity contribution in [2.75, 3.05) is 0 Å². The highest BCUT2D eigenvalue weighted by atomic mass is 127. The van der Waals surface area contributed by atoms with Crippen molar-refractivity contribution < 1.29 is 0 Å². The van der Waals surface area contributed by atoms with E-state index in [4.69, 9.17) is 5.73 Å². The quantitative estimate of drug-likeness (QED) is 0.840. The van der Waals surface area contributed by atoms with Gasteiger partial charge in [0.15, 0.2) is 0 Å². The summed E-state index contributed by atoms with van der Waals surface area (Å²) in [6.07, 6.45) is 0.828. The van der Waals surface area contributed by atoms with Crippen LogP contribution in [0.5, 0.6) is 0 Å². The van der Waals surface area contributed by atoms with Crippen LogP contribution < -0.4 is 5.73 Å². The van der Waals surface area contributed by atoms with Gasteiger partial charge in [-0.05, 0) is 60.6 Å². The Morgan fingerprint density at radius 1 is 1.37 bits per heavy atom. The Bertz CT molecular complexity index is 575. The zero-order valence-electron chi connectivity index (χ0n) is 11.7. The van der Waals surface area contributed by atoms with Gasteiger partial charge in [-0.2, -0.15) is 5.10 Å². The Morgan fingerprint density at radius 2 is 2.11 bits per heavy atom. The number of nitrogens with zero attached hydrogens (tertiary/aromatic N) is 2. The van der Waals surface area contributed by atoms with Gasteiger partial charge in [0.1, 0.15) is 0 Å². The molecule has 0 aliphatic rings. The molecule has 2 aromatic rings. The number of rotatable bonds is 4. The molecule has 0 radical (unpaired) electrons. The van der Waals surface area contributed by atoms with Gasteiger partial charge in [-0.3, -0.25) is 4.68 Å². The fraction of sp³-hybridized carbons (Fsp3) is 0.400. The van der Waals surface area contributed by atoms with Crippen molar-refractivity contribution in [3.8, 4) is 0 Å². The Balaban J connectivity index is 2.25. The van der Waals surface area contributed by atoms with E-state index in [1.165, 1.54) is 20.4 Å². The van der Waals surface area contributed by atoms with Gasteiger partial charge in [0.05, 0.1) is 5.69 Å². The summed E-state index contributed by atoms with van der Waals surface area (Å²) in [6, 6.07) is 8.48. The van der Waals surface area contributed by atoms with E-state index in [0.717, 1.165) is 18.7 Å². The Labute approximate surface area is 128 Å². The number of benzene rings is 1. The van der Waals surface area contributed by atoms with Gasteiger partial charge < -0.3 is 5.73 Å². The third-order valence-corrected chi connectivity index (χ3v) is 4.81. The standard InChI is InChI=1S/C15H20IN3/c1-4-19-12(8-11(3)18-19)9-14(17)13-7-5-6-10(2)15(13)16/h5-8,14H,4,9,17H2,1-3H3. The second kappa shape index (κ2) is 6.05. The van der Waals surface area contributed by atoms with Crippen LogP contribution >= 0.6 is 22.6 Å². The van der Waals surface area contributed by atoms with Crippen molar-refractivity contribution in [2.24, 2.45) is 5.73 Å². The normalized spacial score (nSPS) is 12.7. The second-order valence-corrected chi connectivity index (χ2v) is 5.96. The zero-order valence-corrected chi connectivity index (χ0v) is 13.8. The lowest BCUT2D eigenvalue weighted by Crippen LogP contribution is -2.17. The third-order valence-electron chi connectivity index (χ3n) is 3.34. The molecule has 0 aliphatic carbocycles. The predicted molar refractivity (Wildman–Crippen MR) is 87.2 cm³/mol. The van der Waals surface area contributed by atoms with E-state index in [0.29, 0.717) is 0 Å². The van der Waals surface area contributed by atoms with E-state index >= 15 is 0 Å². The van der Waals surface area contributed by atoms with Gasteiger partial charge in [0, 0.05) is 28.3 Å². The molecule has 1 aromatic heterocycles. The number of nitrogens with two attached hydrogens (primary N) is 1. The van der Waals surface area contributed by atoms with E-state index in [1.807, 2.05) is 11.6 Å². The van der Waals surface area contributed by atoms with Crippen LogP contribution in [0.1, 0.15) is 35.5 Å². The second-order valence-electron chi connectivity index (χ2n) is 4.88. The van der Waals surface area contributed by atoms with Crippen LogP contribution in [0.25, 0.3) is 0 Å². The van der Waals surface area contributed by atoms with Crippen molar-refractivity contribution >= 4 is 22.6 Å². The highest BCUT2D eigenvalue weighted by molar-refractivity contribution is 14.1. The summed E-state index contributed by atoms with van der Waals surface area (Å²) in [5, 5.41) is 4.48. The summed E-state index contributed by atoms with van der Waals surface area (Å²) in [5.41, 5.74) is 11.2. The molecule has 1 aromatic carbocycles. The first-order valence-electron chi connectivity index (χ1n) is 6.56. The SMILES string of the molecule is CCn1nc(C)cc1CC(N)c1cccc(C)c1I. The van der Waals surface area contributed by atoms with Crippen LogP contribution in [-0.4, -0.2) is 9.78 Å². The number of aromatic nitrogens is 2. The van der Waals surface area contributed by atoms with Gasteiger partial charge in [0.25, 0.3) is 0 Å². The van der Waals surface area contributed by atoms with Crippen LogP contribution in [-0.2, 0) is 13.0 Å². The lowest BCUT2D eigenvalue weighted by Gasteiger charge is -2.16. The molecule has 1 heterocycles. The number of halogens is 1. The van der Waals surface area contributed by atoms with Crippen molar-refractivity contribution in [2.45, 2.75) is 39.8 Å². The summed E-state index contributed by atoms with van der Waals surface area (Å²) in [4.78, 5) is 0. The van der Waals surface area contributed by atoms with E-state index in [-0.39, 0.29) is 6.04 Å². The topological polar surface area (TPSA) is 43.8 Å². The Morgan fingerprint density at radius 3 is 2.79 bits per heavy atom. The minimum absolute atomic E-state index is 0.0215. The van der Waals surface area contributed by atoms with Crippen LogP contribution in [0.4, 0.5) is 0 Å². The molecule has 0 spiro atoms. The van der Waals surface area contributed by atoms with Gasteiger partial charge in [0.2, 0.25) is 0 Å². The van der Waals surface area contributed by atoms with Gasteiger partial charge >= 0.3 is 0 Å². The average molecular weight is 369 g/mol. The zero-order chi connectivity index (χ0) is 14.0. The summed E-state index contributed by atoms with van der Waals surface area (Å²) in [7, 11) is 0. The largest absolute Gasteiger partial charge is 0.324 e. The molecule has 2 N–H and O–H groups in total. The lowest BCUT2D eigenvalue weighted by molar-refractivity contribution is 0.586. The molecular formula is C15H20IN3. The maximum absolute atomic E-state index is 6.38. The smallest absolute Gasteiger partial charge is 0.0596 e. The maximum Gasteiger partial charge on any atom is 0.0596 e. The number of hydrogen-bond acceptors (Lipinski definition) is 2. The van der Waals surface area contributed by atoms with E-state index in [2.05, 4.69) is 65.8 Å². The summed E-state index contributed by atoms with van der Waals surface area (Å²) < 4.78 is 3.31. The molecule has 1 unspecified atom stereocenters. The van der Waals surface area contributed by atoms with E-state index in [1.54, 1.807) is 0 Å². The first-order valence-corrected chi connectivity index (χ1v) is 7.64. The minimum atomic E-state index is 0.0215. The molecule has 0 aliphatic heterocycles. The highest BCUT2D eigenvalue weighted by Gasteiger charge is 2.14. The van der Waals surface area contributed by atoms with Crippen molar-refractivity contribution in [3.05, 3.63) is 50.4 Å². The Kier molecular flexibility index (Phi) is 4.62. The van der Waals surface area contributed by atoms with E-state index in [9.17, 15) is 0 Å². The molecule has 0 amide bonds. The fourth-order valence-electron chi connectivity index (χ4n) is 2.33. The molecule has 0 fully saturated rings. The van der Waals surface area contributed by atoms with Crippen LogP contribution in [0.15, 0.2) is 24.3 Å². The molecule has 1 atom stereocenters. The van der Waals surface area contributed by atoms with Crippen LogP contribution in [0.3, 0.4) is 0 Å². The predicted octanol–water partition coefficient (Wildman–Crippen LogP) is 3.37. The van der Waals surface area contributed by atoms with Crippen molar-refractivity contribution in [1.82, 2.24) is 9.78 Å².